The Morgan fingerprint density at radius 3 is 2.48 bits per heavy atom. The number of hydrogen-bond acceptors (Lipinski definition) is 6. The van der Waals surface area contributed by atoms with Crippen molar-refractivity contribution >= 4 is 22.0 Å². The average molecular weight is 403 g/mol. The summed E-state index contributed by atoms with van der Waals surface area (Å²) in [4.78, 5) is 14.8. The number of rotatable bonds is 5. The molecule has 0 radical (unpaired) electrons. The second-order valence-corrected chi connectivity index (χ2v) is 7.88. The Hall–Kier alpha value is -2.69. The highest BCUT2D eigenvalue weighted by Gasteiger charge is 2.32. The maximum absolute atomic E-state index is 13.1. The highest BCUT2D eigenvalue weighted by atomic mass is 32.2. The number of nitrogens with zero attached hydrogens (tertiary/aromatic N) is 3. The van der Waals surface area contributed by atoms with E-state index in [-0.39, 0.29) is 17.5 Å². The molecule has 2 aromatic rings. The molecule has 2 rings (SSSR count). The van der Waals surface area contributed by atoms with Gasteiger partial charge < -0.3 is 4.74 Å². The third kappa shape index (κ3) is 5.64. The highest BCUT2D eigenvalue weighted by molar-refractivity contribution is 7.90. The molecule has 0 unspecified atom stereocenters. The van der Waals surface area contributed by atoms with E-state index in [1.807, 2.05) is 0 Å². The van der Waals surface area contributed by atoms with E-state index < -0.39 is 32.4 Å². The zero-order chi connectivity index (χ0) is 20.4. The van der Waals surface area contributed by atoms with Crippen LogP contribution in [-0.4, -0.2) is 41.5 Å². The molecule has 0 fully saturated rings. The number of sulfone groups is 1. The van der Waals surface area contributed by atoms with E-state index in [4.69, 9.17) is 4.74 Å². The van der Waals surface area contributed by atoms with Gasteiger partial charge in [0.25, 0.3) is 0 Å². The topological polar surface area (TPSA) is 91.2 Å². The van der Waals surface area contributed by atoms with Gasteiger partial charge in [-0.15, -0.1) is 5.10 Å². The molecule has 27 heavy (non-hydrogen) atoms. The fourth-order valence-electron chi connectivity index (χ4n) is 1.99. The molecule has 0 spiro atoms. The van der Waals surface area contributed by atoms with Crippen molar-refractivity contribution in [2.75, 3.05) is 6.26 Å². The molecule has 11 heteroatoms. The van der Waals surface area contributed by atoms with Crippen molar-refractivity contribution in [3.05, 3.63) is 36.2 Å². The summed E-state index contributed by atoms with van der Waals surface area (Å²) in [6.07, 6.45) is -0.791. The van der Waals surface area contributed by atoms with Gasteiger partial charge >= 0.3 is 12.1 Å². The Morgan fingerprint density at radius 2 is 1.93 bits per heavy atom. The minimum Gasteiger partial charge on any atom is -0.460 e. The van der Waals surface area contributed by atoms with Crippen LogP contribution in [0.2, 0.25) is 0 Å². The van der Waals surface area contributed by atoms with Crippen LogP contribution in [0.5, 0.6) is 0 Å². The number of carbonyl (C=O) groups is 1. The molecule has 0 aliphatic carbocycles. The molecule has 0 aliphatic rings. The first-order chi connectivity index (χ1) is 12.4. The summed E-state index contributed by atoms with van der Waals surface area (Å²) in [6, 6.07) is 2.36. The molecule has 0 saturated heterocycles. The summed E-state index contributed by atoms with van der Waals surface area (Å²) in [5, 5.41) is 3.93. The first kappa shape index (κ1) is 20.6. The van der Waals surface area contributed by atoms with Crippen molar-refractivity contribution in [1.29, 1.82) is 0 Å². The van der Waals surface area contributed by atoms with Gasteiger partial charge in [-0.3, -0.25) is 0 Å². The third-order valence-electron chi connectivity index (χ3n) is 3.14. The highest BCUT2D eigenvalue weighted by Crippen LogP contribution is 2.33. The number of esters is 1. The number of alkyl halides is 3. The molecule has 0 saturated carbocycles. The van der Waals surface area contributed by atoms with E-state index in [2.05, 4.69) is 10.1 Å². The zero-order valence-corrected chi connectivity index (χ0v) is 15.4. The molecule has 0 aliphatic heterocycles. The predicted octanol–water partition coefficient (Wildman–Crippen LogP) is 2.79. The molecule has 146 valence electrons. The van der Waals surface area contributed by atoms with Crippen molar-refractivity contribution in [2.24, 2.45) is 0 Å². The van der Waals surface area contributed by atoms with Gasteiger partial charge in [0.1, 0.15) is 6.33 Å². The van der Waals surface area contributed by atoms with E-state index in [1.54, 1.807) is 13.8 Å². The van der Waals surface area contributed by atoms with Crippen LogP contribution < -0.4 is 0 Å². The van der Waals surface area contributed by atoms with Crippen LogP contribution in [0.1, 0.15) is 19.4 Å². The molecule has 1 aromatic carbocycles. The number of ether oxygens (including phenoxy) is 1. The van der Waals surface area contributed by atoms with Crippen molar-refractivity contribution in [2.45, 2.75) is 31.0 Å². The lowest BCUT2D eigenvalue weighted by atomic mass is 10.1. The van der Waals surface area contributed by atoms with Gasteiger partial charge in [-0.05, 0) is 32.0 Å². The Bertz CT molecular complexity index is 979. The van der Waals surface area contributed by atoms with Crippen LogP contribution in [-0.2, 0) is 25.5 Å². The van der Waals surface area contributed by atoms with Crippen molar-refractivity contribution in [1.82, 2.24) is 14.8 Å². The van der Waals surface area contributed by atoms with Crippen LogP contribution >= 0.6 is 0 Å². The second kappa shape index (κ2) is 7.51. The summed E-state index contributed by atoms with van der Waals surface area (Å²) >= 11 is 0. The monoisotopic (exact) mass is 403 g/mol. The van der Waals surface area contributed by atoms with Crippen LogP contribution in [0, 0.1) is 0 Å². The molecule has 1 aromatic heterocycles. The first-order valence-electron chi connectivity index (χ1n) is 7.59. The standard InChI is InChI=1S/C16H16F3N3O4S/c1-10(2)26-14(23)4-5-22-9-20-15(21-22)11-6-12(16(17,18)19)8-13(7-11)27(3,24)25/h4-10H,1-3H3/b5-4-. The van der Waals surface area contributed by atoms with E-state index >= 15 is 0 Å². The van der Waals surface area contributed by atoms with Gasteiger partial charge in [-0.2, -0.15) is 13.2 Å². The zero-order valence-electron chi connectivity index (χ0n) is 14.6. The molecule has 0 bridgehead atoms. The van der Waals surface area contributed by atoms with Crippen LogP contribution in [0.15, 0.2) is 35.5 Å². The number of carbonyl (C=O) groups excluding carboxylic acids is 1. The maximum Gasteiger partial charge on any atom is 0.416 e. The van der Waals surface area contributed by atoms with Crippen LogP contribution in [0.25, 0.3) is 17.6 Å². The predicted molar refractivity (Wildman–Crippen MR) is 90.1 cm³/mol. The van der Waals surface area contributed by atoms with Crippen LogP contribution in [0.3, 0.4) is 0 Å². The lowest BCUT2D eigenvalue weighted by Gasteiger charge is -2.10. The smallest absolute Gasteiger partial charge is 0.416 e. The maximum atomic E-state index is 13.1. The van der Waals surface area contributed by atoms with Crippen molar-refractivity contribution in [3.8, 4) is 11.4 Å². The Morgan fingerprint density at radius 1 is 1.26 bits per heavy atom. The first-order valence-corrected chi connectivity index (χ1v) is 9.48. The molecular weight excluding hydrogens is 387 g/mol. The largest absolute Gasteiger partial charge is 0.460 e. The fourth-order valence-corrected chi connectivity index (χ4v) is 2.68. The molecule has 0 amide bonds. The van der Waals surface area contributed by atoms with Gasteiger partial charge in [-0.25, -0.2) is 22.9 Å². The van der Waals surface area contributed by atoms with E-state index in [0.717, 1.165) is 35.5 Å². The molecule has 7 nitrogen and oxygen atoms in total. The van der Waals surface area contributed by atoms with Crippen LogP contribution in [0.4, 0.5) is 13.2 Å². The van der Waals surface area contributed by atoms with Gasteiger partial charge in [0.05, 0.1) is 16.6 Å². The minimum atomic E-state index is -4.74. The summed E-state index contributed by atoms with van der Waals surface area (Å²) < 4.78 is 68.6. The van der Waals surface area contributed by atoms with Crippen molar-refractivity contribution in [3.63, 3.8) is 0 Å². The molecule has 0 N–H and O–H groups in total. The normalized spacial score (nSPS) is 12.7. The molecule has 1 heterocycles. The second-order valence-electron chi connectivity index (χ2n) is 5.87. The van der Waals surface area contributed by atoms with E-state index in [1.165, 1.54) is 6.20 Å². The van der Waals surface area contributed by atoms with Gasteiger partial charge in [-0.1, -0.05) is 0 Å². The Kier molecular flexibility index (Phi) is 5.73. The summed E-state index contributed by atoms with van der Waals surface area (Å²) in [5.74, 6) is -0.756. The fraction of sp³-hybridized carbons (Fsp3) is 0.312. The van der Waals surface area contributed by atoms with E-state index in [9.17, 15) is 26.4 Å². The number of benzene rings is 1. The number of halogens is 3. The lowest BCUT2D eigenvalue weighted by molar-refractivity contribution is -0.141. The third-order valence-corrected chi connectivity index (χ3v) is 4.24. The quantitative estimate of drug-likeness (QED) is 0.563. The van der Waals surface area contributed by atoms with Gasteiger partial charge in [0.15, 0.2) is 15.7 Å². The van der Waals surface area contributed by atoms with Gasteiger partial charge in [0, 0.05) is 24.1 Å². The SMILES string of the molecule is CC(C)OC(=O)/C=C\n1cnc(-c2cc(C(F)(F)F)cc(S(C)(=O)=O)c2)n1. The molecule has 0 atom stereocenters. The summed E-state index contributed by atoms with van der Waals surface area (Å²) in [5.41, 5.74) is -1.25. The summed E-state index contributed by atoms with van der Waals surface area (Å²) in [6.45, 7) is 3.35. The average Bonchev–Trinajstić information content (AvgIpc) is 2.99. The van der Waals surface area contributed by atoms with E-state index in [0.29, 0.717) is 6.07 Å². The van der Waals surface area contributed by atoms with Gasteiger partial charge in [0.2, 0.25) is 0 Å². The van der Waals surface area contributed by atoms with Crippen molar-refractivity contribution < 1.29 is 31.1 Å². The Balaban J connectivity index is 2.40. The summed E-state index contributed by atoms with van der Waals surface area (Å²) in [7, 11) is -3.88. The lowest BCUT2D eigenvalue weighted by Crippen LogP contribution is -2.08. The minimum absolute atomic E-state index is 0.123. The Labute approximate surface area is 153 Å². The number of hydrogen-bond donors (Lipinski definition) is 0. The molecular formula is C16H16F3N3O4S. The number of aromatic nitrogens is 3.